The van der Waals surface area contributed by atoms with Crippen molar-refractivity contribution in [3.05, 3.63) is 23.3 Å². The van der Waals surface area contributed by atoms with Gasteiger partial charge in [0.25, 0.3) is 0 Å². The summed E-state index contributed by atoms with van der Waals surface area (Å²) >= 11 is 5.00. The molecule has 23 heavy (non-hydrogen) atoms. The van der Waals surface area contributed by atoms with E-state index in [2.05, 4.69) is 15.8 Å². The molecule has 0 aliphatic carbocycles. The Balaban J connectivity index is 2.89. The summed E-state index contributed by atoms with van der Waals surface area (Å²) in [6, 6.07) is 3.17. The molecule has 0 atom stereocenters. The summed E-state index contributed by atoms with van der Waals surface area (Å²) in [7, 11) is 4.39. The van der Waals surface area contributed by atoms with Crippen LogP contribution in [0.1, 0.15) is 15.9 Å². The van der Waals surface area contributed by atoms with E-state index in [4.69, 9.17) is 26.4 Å². The van der Waals surface area contributed by atoms with Gasteiger partial charge < -0.3 is 24.6 Å². The number of aromatic carboxylic acids is 1. The quantitative estimate of drug-likeness (QED) is 0.277. The number of methoxy groups -OCH3 is 3. The lowest BCUT2D eigenvalue weighted by Gasteiger charge is -2.12. The number of ether oxygens (including phenoxy) is 3. The molecule has 0 heterocycles. The van der Waals surface area contributed by atoms with Crippen LogP contribution in [0.15, 0.2) is 17.2 Å². The Labute approximate surface area is 139 Å². The Morgan fingerprint density at radius 3 is 2.65 bits per heavy atom. The van der Waals surface area contributed by atoms with E-state index in [0.717, 1.165) is 0 Å². The number of carbonyl (C=O) groups is 1. The fourth-order valence-electron chi connectivity index (χ4n) is 1.74. The van der Waals surface area contributed by atoms with Gasteiger partial charge in [-0.25, -0.2) is 4.79 Å². The van der Waals surface area contributed by atoms with Gasteiger partial charge in [0.2, 0.25) is 0 Å². The second-order valence-electron chi connectivity index (χ2n) is 4.19. The van der Waals surface area contributed by atoms with E-state index in [9.17, 15) is 9.90 Å². The molecule has 0 bridgehead atoms. The zero-order valence-electron chi connectivity index (χ0n) is 13.1. The van der Waals surface area contributed by atoms with Crippen molar-refractivity contribution in [1.82, 2.24) is 10.7 Å². The summed E-state index contributed by atoms with van der Waals surface area (Å²) in [4.78, 5) is 11.5. The van der Waals surface area contributed by atoms with Crippen LogP contribution < -0.4 is 20.2 Å². The van der Waals surface area contributed by atoms with Crippen molar-refractivity contribution in [2.24, 2.45) is 5.10 Å². The molecule has 0 spiro atoms. The Morgan fingerprint density at radius 1 is 1.35 bits per heavy atom. The fraction of sp³-hybridized carbons (Fsp3) is 0.357. The van der Waals surface area contributed by atoms with Gasteiger partial charge in [-0.15, -0.1) is 0 Å². The first-order valence-electron chi connectivity index (χ1n) is 6.59. The second-order valence-corrected chi connectivity index (χ2v) is 4.60. The van der Waals surface area contributed by atoms with Gasteiger partial charge in [-0.05, 0) is 24.4 Å². The molecule has 1 rings (SSSR count). The SMILES string of the molecule is COCCNC(=S)N/N=C\c1ccc(OC)c(OC)c1C(=O)O. The van der Waals surface area contributed by atoms with Crippen molar-refractivity contribution in [1.29, 1.82) is 0 Å². The number of carboxylic acid groups (broad SMARTS) is 1. The van der Waals surface area contributed by atoms with E-state index in [-0.39, 0.29) is 11.3 Å². The zero-order valence-corrected chi connectivity index (χ0v) is 13.9. The van der Waals surface area contributed by atoms with Gasteiger partial charge in [0, 0.05) is 19.2 Å². The molecule has 0 fully saturated rings. The Bertz CT molecular complexity index is 592. The molecule has 0 unspecified atom stereocenters. The monoisotopic (exact) mass is 341 g/mol. The Hall–Kier alpha value is -2.39. The van der Waals surface area contributed by atoms with Crippen molar-refractivity contribution >= 4 is 29.5 Å². The molecule has 0 aliphatic heterocycles. The van der Waals surface area contributed by atoms with Gasteiger partial charge in [-0.2, -0.15) is 5.10 Å². The number of hydrazone groups is 1. The van der Waals surface area contributed by atoms with Crippen molar-refractivity contribution < 1.29 is 24.1 Å². The van der Waals surface area contributed by atoms with E-state index >= 15 is 0 Å². The van der Waals surface area contributed by atoms with E-state index < -0.39 is 5.97 Å². The highest BCUT2D eigenvalue weighted by Crippen LogP contribution is 2.32. The maximum absolute atomic E-state index is 11.5. The molecule has 0 saturated carbocycles. The highest BCUT2D eigenvalue weighted by atomic mass is 32.1. The summed E-state index contributed by atoms with van der Waals surface area (Å²) in [5.41, 5.74) is 2.90. The van der Waals surface area contributed by atoms with Gasteiger partial charge >= 0.3 is 5.97 Å². The summed E-state index contributed by atoms with van der Waals surface area (Å²) in [5.74, 6) is -0.695. The maximum Gasteiger partial charge on any atom is 0.340 e. The molecule has 8 nitrogen and oxygen atoms in total. The highest BCUT2D eigenvalue weighted by molar-refractivity contribution is 7.80. The number of hydrogen-bond donors (Lipinski definition) is 3. The molecule has 1 aromatic rings. The summed E-state index contributed by atoms with van der Waals surface area (Å²) < 4.78 is 15.1. The molecular weight excluding hydrogens is 322 g/mol. The van der Waals surface area contributed by atoms with Crippen LogP contribution >= 0.6 is 12.2 Å². The standard InChI is InChI=1S/C14H19N3O5S/c1-20-7-6-15-14(23)17-16-8-9-4-5-10(21-2)12(22-3)11(9)13(18)19/h4-5,8H,6-7H2,1-3H3,(H,18,19)(H2,15,17,23)/b16-8-. The van der Waals surface area contributed by atoms with Crippen LogP contribution in [0.5, 0.6) is 11.5 Å². The van der Waals surface area contributed by atoms with Crippen molar-refractivity contribution in [3.8, 4) is 11.5 Å². The Kier molecular flexibility index (Phi) is 7.78. The van der Waals surface area contributed by atoms with Crippen LogP contribution in [-0.4, -0.2) is 56.9 Å². The fourth-order valence-corrected chi connectivity index (χ4v) is 1.89. The maximum atomic E-state index is 11.5. The van der Waals surface area contributed by atoms with E-state index in [0.29, 0.717) is 29.6 Å². The predicted molar refractivity (Wildman–Crippen MR) is 89.7 cm³/mol. The second kappa shape index (κ2) is 9.59. The minimum absolute atomic E-state index is 0.0457. The minimum atomic E-state index is -1.15. The molecule has 126 valence electrons. The topological polar surface area (TPSA) is 101 Å². The molecule has 1 aromatic carbocycles. The van der Waals surface area contributed by atoms with Crippen LogP contribution in [0.25, 0.3) is 0 Å². The lowest BCUT2D eigenvalue weighted by atomic mass is 10.1. The molecule has 0 amide bonds. The van der Waals surface area contributed by atoms with E-state index in [1.165, 1.54) is 20.4 Å². The largest absolute Gasteiger partial charge is 0.493 e. The number of carboxylic acids is 1. The number of hydrogen-bond acceptors (Lipinski definition) is 6. The molecule has 9 heteroatoms. The lowest BCUT2D eigenvalue weighted by molar-refractivity contribution is 0.0692. The third-order valence-corrected chi connectivity index (χ3v) is 2.99. The van der Waals surface area contributed by atoms with Crippen LogP contribution in [0.2, 0.25) is 0 Å². The number of thiocarbonyl (C=S) groups is 1. The van der Waals surface area contributed by atoms with Gasteiger partial charge in [-0.1, -0.05) is 0 Å². The van der Waals surface area contributed by atoms with Gasteiger partial charge in [0.05, 0.1) is 27.0 Å². The van der Waals surface area contributed by atoms with E-state index in [1.807, 2.05) is 0 Å². The molecule has 0 saturated heterocycles. The predicted octanol–water partition coefficient (Wildman–Crippen LogP) is 0.846. The van der Waals surface area contributed by atoms with Crippen LogP contribution in [0.3, 0.4) is 0 Å². The Morgan fingerprint density at radius 2 is 2.09 bits per heavy atom. The van der Waals surface area contributed by atoms with E-state index in [1.54, 1.807) is 19.2 Å². The molecule has 0 aliphatic rings. The van der Waals surface area contributed by atoms with Crippen LogP contribution in [-0.2, 0) is 4.74 Å². The third-order valence-electron chi connectivity index (χ3n) is 2.75. The molecular formula is C14H19N3O5S. The third kappa shape index (κ3) is 5.38. The van der Waals surface area contributed by atoms with Gasteiger partial charge in [0.15, 0.2) is 16.6 Å². The number of nitrogens with one attached hydrogen (secondary N) is 2. The summed E-state index contributed by atoms with van der Waals surface area (Å²) in [6.45, 7) is 1.04. The molecule has 0 aromatic heterocycles. The van der Waals surface area contributed by atoms with Gasteiger partial charge in [0.1, 0.15) is 5.56 Å². The zero-order chi connectivity index (χ0) is 17.2. The summed E-state index contributed by atoms with van der Waals surface area (Å²) in [5, 5.41) is 16.5. The summed E-state index contributed by atoms with van der Waals surface area (Å²) in [6.07, 6.45) is 1.34. The first-order valence-corrected chi connectivity index (χ1v) is 7.00. The number of benzene rings is 1. The van der Waals surface area contributed by atoms with Crippen LogP contribution in [0.4, 0.5) is 0 Å². The van der Waals surface area contributed by atoms with Crippen LogP contribution in [0, 0.1) is 0 Å². The van der Waals surface area contributed by atoms with Gasteiger partial charge in [-0.3, -0.25) is 5.43 Å². The van der Waals surface area contributed by atoms with Crippen molar-refractivity contribution in [2.45, 2.75) is 0 Å². The number of nitrogens with zero attached hydrogens (tertiary/aromatic N) is 1. The highest BCUT2D eigenvalue weighted by Gasteiger charge is 2.19. The molecule has 3 N–H and O–H groups in total. The average Bonchev–Trinajstić information content (AvgIpc) is 2.54. The minimum Gasteiger partial charge on any atom is -0.493 e. The normalized spacial score (nSPS) is 10.4. The van der Waals surface area contributed by atoms with Crippen molar-refractivity contribution in [3.63, 3.8) is 0 Å². The first kappa shape index (κ1) is 18.7. The van der Waals surface area contributed by atoms with Crippen molar-refractivity contribution in [2.75, 3.05) is 34.5 Å². The molecule has 0 radical (unpaired) electrons. The smallest absolute Gasteiger partial charge is 0.340 e. The average molecular weight is 341 g/mol. The first-order chi connectivity index (χ1) is 11.0. The lowest BCUT2D eigenvalue weighted by Crippen LogP contribution is -2.34. The number of rotatable bonds is 8.